The van der Waals surface area contributed by atoms with Crippen molar-refractivity contribution in [2.24, 2.45) is 0 Å². The Kier molecular flexibility index (Phi) is 3.64. The summed E-state index contributed by atoms with van der Waals surface area (Å²) in [6.07, 6.45) is 1.75. The molecule has 5 heteroatoms. The molecule has 0 fully saturated rings. The molecule has 0 saturated heterocycles. The van der Waals surface area contributed by atoms with E-state index in [0.717, 1.165) is 34.0 Å². The predicted octanol–water partition coefficient (Wildman–Crippen LogP) is 2.95. The molecule has 1 N–H and O–H groups in total. The molecule has 0 bridgehead atoms. The first-order valence-corrected chi connectivity index (χ1v) is 6.72. The fourth-order valence-corrected chi connectivity index (χ4v) is 2.17. The average molecular weight is 280 g/mol. The monoisotopic (exact) mass is 280 g/mol. The van der Waals surface area contributed by atoms with Crippen LogP contribution in [0.4, 0.5) is 5.69 Å². The third kappa shape index (κ3) is 2.91. The zero-order valence-electron chi connectivity index (χ0n) is 12.0. The number of hydrogen-bond acceptors (Lipinski definition) is 5. The predicted molar refractivity (Wildman–Crippen MR) is 82.4 cm³/mol. The number of aromatic nitrogens is 3. The van der Waals surface area contributed by atoms with Gasteiger partial charge < -0.3 is 10.1 Å². The summed E-state index contributed by atoms with van der Waals surface area (Å²) in [5, 5.41) is 4.33. The zero-order valence-corrected chi connectivity index (χ0v) is 12.0. The highest BCUT2D eigenvalue weighted by atomic mass is 16.5. The van der Waals surface area contributed by atoms with Crippen molar-refractivity contribution in [3.8, 4) is 5.75 Å². The van der Waals surface area contributed by atoms with Gasteiger partial charge in [0.1, 0.15) is 11.6 Å². The maximum absolute atomic E-state index is 5.15. The van der Waals surface area contributed by atoms with Crippen LogP contribution < -0.4 is 10.1 Å². The van der Waals surface area contributed by atoms with E-state index in [0.29, 0.717) is 6.54 Å². The molecule has 0 amide bonds. The molecule has 0 saturated carbocycles. The standard InChI is InChI=1S/C16H16N4O/c1-11-19-15(14-4-3-9-17-16(14)20-11)10-18-12-5-7-13(21-2)8-6-12/h3-9,18H,10H2,1-2H3. The van der Waals surface area contributed by atoms with Crippen molar-refractivity contribution in [3.63, 3.8) is 0 Å². The van der Waals surface area contributed by atoms with Gasteiger partial charge in [-0.05, 0) is 43.3 Å². The summed E-state index contributed by atoms with van der Waals surface area (Å²) in [5.74, 6) is 1.57. The average Bonchev–Trinajstić information content (AvgIpc) is 2.53. The molecule has 0 atom stereocenters. The number of pyridine rings is 1. The van der Waals surface area contributed by atoms with E-state index in [1.54, 1.807) is 13.3 Å². The Morgan fingerprint density at radius 2 is 1.90 bits per heavy atom. The number of methoxy groups -OCH3 is 1. The molecule has 2 aromatic heterocycles. The lowest BCUT2D eigenvalue weighted by Crippen LogP contribution is -2.05. The lowest BCUT2D eigenvalue weighted by Gasteiger charge is -2.09. The Labute approximate surface area is 123 Å². The SMILES string of the molecule is COc1ccc(NCc2nc(C)nc3ncccc23)cc1. The molecule has 0 radical (unpaired) electrons. The van der Waals surface area contributed by atoms with Crippen LogP contribution in [0.2, 0.25) is 0 Å². The molecule has 5 nitrogen and oxygen atoms in total. The van der Waals surface area contributed by atoms with Gasteiger partial charge in [-0.15, -0.1) is 0 Å². The summed E-state index contributed by atoms with van der Waals surface area (Å²) in [5.41, 5.74) is 2.70. The highest BCUT2D eigenvalue weighted by Crippen LogP contribution is 2.18. The Morgan fingerprint density at radius 1 is 1.10 bits per heavy atom. The van der Waals surface area contributed by atoms with Gasteiger partial charge in [-0.1, -0.05) is 0 Å². The summed E-state index contributed by atoms with van der Waals surface area (Å²) in [6, 6.07) is 11.7. The minimum atomic E-state index is 0.623. The number of ether oxygens (including phenoxy) is 1. The lowest BCUT2D eigenvalue weighted by atomic mass is 10.2. The normalized spacial score (nSPS) is 10.6. The fraction of sp³-hybridized carbons (Fsp3) is 0.188. The van der Waals surface area contributed by atoms with Crippen LogP contribution in [0.25, 0.3) is 11.0 Å². The first kappa shape index (κ1) is 13.3. The van der Waals surface area contributed by atoms with Crippen molar-refractivity contribution >= 4 is 16.7 Å². The van der Waals surface area contributed by atoms with Crippen LogP contribution in [-0.4, -0.2) is 22.1 Å². The number of hydrogen-bond donors (Lipinski definition) is 1. The van der Waals surface area contributed by atoms with Crippen LogP contribution in [-0.2, 0) is 6.54 Å². The highest BCUT2D eigenvalue weighted by molar-refractivity contribution is 5.77. The van der Waals surface area contributed by atoms with Crippen LogP contribution >= 0.6 is 0 Å². The highest BCUT2D eigenvalue weighted by Gasteiger charge is 2.06. The molecular formula is C16H16N4O. The van der Waals surface area contributed by atoms with E-state index in [2.05, 4.69) is 20.3 Å². The summed E-state index contributed by atoms with van der Waals surface area (Å²) in [6.45, 7) is 2.50. The maximum Gasteiger partial charge on any atom is 0.163 e. The smallest absolute Gasteiger partial charge is 0.163 e. The molecule has 0 aliphatic carbocycles. The quantitative estimate of drug-likeness (QED) is 0.796. The van der Waals surface area contributed by atoms with Crippen molar-refractivity contribution in [1.29, 1.82) is 0 Å². The number of nitrogens with zero attached hydrogens (tertiary/aromatic N) is 3. The molecule has 1 aromatic carbocycles. The fourth-order valence-electron chi connectivity index (χ4n) is 2.17. The third-order valence-electron chi connectivity index (χ3n) is 3.21. The Hall–Kier alpha value is -2.69. The van der Waals surface area contributed by atoms with E-state index >= 15 is 0 Å². The van der Waals surface area contributed by atoms with Crippen molar-refractivity contribution in [3.05, 3.63) is 54.1 Å². The van der Waals surface area contributed by atoms with Crippen molar-refractivity contribution in [1.82, 2.24) is 15.0 Å². The Balaban J connectivity index is 1.84. The molecule has 0 spiro atoms. The van der Waals surface area contributed by atoms with Gasteiger partial charge in [0.05, 0.1) is 19.3 Å². The van der Waals surface area contributed by atoms with Crippen LogP contribution in [0.3, 0.4) is 0 Å². The van der Waals surface area contributed by atoms with Gasteiger partial charge in [0, 0.05) is 17.3 Å². The molecule has 21 heavy (non-hydrogen) atoms. The molecule has 3 aromatic rings. The number of rotatable bonds is 4. The second kappa shape index (κ2) is 5.75. The molecule has 0 unspecified atom stereocenters. The van der Waals surface area contributed by atoms with Gasteiger partial charge >= 0.3 is 0 Å². The molecular weight excluding hydrogens is 264 g/mol. The lowest BCUT2D eigenvalue weighted by molar-refractivity contribution is 0.415. The van der Waals surface area contributed by atoms with E-state index in [4.69, 9.17) is 4.74 Å². The van der Waals surface area contributed by atoms with E-state index in [9.17, 15) is 0 Å². The minimum Gasteiger partial charge on any atom is -0.497 e. The third-order valence-corrected chi connectivity index (χ3v) is 3.21. The van der Waals surface area contributed by atoms with Gasteiger partial charge in [0.25, 0.3) is 0 Å². The molecule has 106 valence electrons. The first-order valence-electron chi connectivity index (χ1n) is 6.72. The van der Waals surface area contributed by atoms with Crippen LogP contribution in [0.1, 0.15) is 11.5 Å². The van der Waals surface area contributed by atoms with Crippen molar-refractivity contribution in [2.45, 2.75) is 13.5 Å². The van der Waals surface area contributed by atoms with Crippen molar-refractivity contribution in [2.75, 3.05) is 12.4 Å². The number of fused-ring (bicyclic) bond motifs is 1. The minimum absolute atomic E-state index is 0.623. The number of aryl methyl sites for hydroxylation is 1. The summed E-state index contributed by atoms with van der Waals surface area (Å²) < 4.78 is 5.15. The zero-order chi connectivity index (χ0) is 14.7. The van der Waals surface area contributed by atoms with Gasteiger partial charge in [-0.25, -0.2) is 15.0 Å². The topological polar surface area (TPSA) is 59.9 Å². The van der Waals surface area contributed by atoms with E-state index in [-0.39, 0.29) is 0 Å². The summed E-state index contributed by atoms with van der Waals surface area (Å²) in [4.78, 5) is 13.1. The summed E-state index contributed by atoms with van der Waals surface area (Å²) >= 11 is 0. The van der Waals surface area contributed by atoms with Crippen LogP contribution in [0.5, 0.6) is 5.75 Å². The second-order valence-corrected chi connectivity index (χ2v) is 4.67. The number of nitrogens with one attached hydrogen (secondary N) is 1. The largest absolute Gasteiger partial charge is 0.497 e. The molecule has 3 rings (SSSR count). The van der Waals surface area contributed by atoms with Gasteiger partial charge in [0.2, 0.25) is 0 Å². The van der Waals surface area contributed by atoms with Crippen LogP contribution in [0, 0.1) is 6.92 Å². The maximum atomic E-state index is 5.15. The van der Waals surface area contributed by atoms with Gasteiger partial charge in [0.15, 0.2) is 5.65 Å². The van der Waals surface area contributed by atoms with E-state index in [1.165, 1.54) is 0 Å². The van der Waals surface area contributed by atoms with Crippen LogP contribution in [0.15, 0.2) is 42.6 Å². The van der Waals surface area contributed by atoms with E-state index < -0.39 is 0 Å². The second-order valence-electron chi connectivity index (χ2n) is 4.67. The van der Waals surface area contributed by atoms with Gasteiger partial charge in [-0.3, -0.25) is 0 Å². The molecule has 2 heterocycles. The number of benzene rings is 1. The Bertz CT molecular complexity index is 756. The number of anilines is 1. The van der Waals surface area contributed by atoms with Crippen molar-refractivity contribution < 1.29 is 4.74 Å². The molecule has 0 aliphatic rings. The van der Waals surface area contributed by atoms with Gasteiger partial charge in [-0.2, -0.15) is 0 Å². The first-order chi connectivity index (χ1) is 10.3. The van der Waals surface area contributed by atoms with E-state index in [1.807, 2.05) is 43.3 Å². The summed E-state index contributed by atoms with van der Waals surface area (Å²) in [7, 11) is 1.66. The molecule has 0 aliphatic heterocycles. The Morgan fingerprint density at radius 3 is 2.67 bits per heavy atom.